The lowest BCUT2D eigenvalue weighted by Gasteiger charge is -1.87. The third-order valence-corrected chi connectivity index (χ3v) is 1.09. The number of H-pyrrole nitrogens is 1. The number of rotatable bonds is 1. The molecule has 0 aromatic carbocycles. The molecule has 50 valence electrons. The van der Waals surface area contributed by atoms with Crippen LogP contribution in [0.2, 0.25) is 0 Å². The van der Waals surface area contributed by atoms with Crippen LogP contribution >= 0.6 is 0 Å². The van der Waals surface area contributed by atoms with Crippen molar-refractivity contribution in [1.29, 1.82) is 0 Å². The van der Waals surface area contributed by atoms with Crippen molar-refractivity contribution in [3.05, 3.63) is 23.5 Å². The second-order valence-corrected chi connectivity index (χ2v) is 1.78. The smallest absolute Gasteiger partial charge is 0.421 e. The summed E-state index contributed by atoms with van der Waals surface area (Å²) < 4.78 is 0. The summed E-state index contributed by atoms with van der Waals surface area (Å²) in [5.74, 6) is 0.308. The average molecular weight is 136 g/mol. The van der Waals surface area contributed by atoms with Crippen LogP contribution < -0.4 is 5.59 Å². The number of nitrogens with one attached hydrogen (secondary N) is 1. The fourth-order valence-corrected chi connectivity index (χ4v) is 0.616. The quantitative estimate of drug-likeness (QED) is 0.351. The molecule has 0 saturated heterocycles. The summed E-state index contributed by atoms with van der Waals surface area (Å²) in [6, 6.07) is 2.94. The molecule has 0 saturated carbocycles. The molecule has 4 nitrogen and oxygen atoms in total. The molecule has 1 heterocycles. The molecule has 1 rings (SSSR count). The fraction of sp³-hybridized carbons (Fsp3) is 0. The lowest BCUT2D eigenvalue weighted by atomic mass is 9.87. The van der Waals surface area contributed by atoms with Gasteiger partial charge in [0.25, 0.3) is 0 Å². The van der Waals surface area contributed by atoms with Crippen LogP contribution in [0.15, 0.2) is 12.1 Å². The first-order valence-corrected chi connectivity index (χ1v) is 2.66. The molecule has 3 N–H and O–H groups in total. The molecule has 0 aliphatic heterocycles. The Morgan fingerprint density at radius 3 is 2.50 bits per heavy atom. The largest absolute Gasteiger partial charge is 0.529 e. The second kappa shape index (κ2) is 2.56. The molecule has 0 atom stereocenters. The lowest BCUT2D eigenvalue weighted by Crippen LogP contribution is -2.30. The molecule has 1 aromatic rings. The topological polar surface area (TPSA) is 60.6 Å². The van der Waals surface area contributed by atoms with Gasteiger partial charge in [0.15, 0.2) is 0 Å². The number of aromatic nitrogens is 1. The van der Waals surface area contributed by atoms with Gasteiger partial charge in [0.2, 0.25) is 5.82 Å². The Kier molecular flexibility index (Phi) is 1.76. The van der Waals surface area contributed by atoms with Crippen LogP contribution in [0.1, 0.15) is 0 Å². The lowest BCUT2D eigenvalue weighted by molar-refractivity contribution is 0.424. The van der Waals surface area contributed by atoms with Gasteiger partial charge in [-0.05, 0) is 12.1 Å². The van der Waals surface area contributed by atoms with E-state index in [0.717, 1.165) is 0 Å². The summed E-state index contributed by atoms with van der Waals surface area (Å²) in [6.07, 6.45) is 0. The van der Waals surface area contributed by atoms with Crippen molar-refractivity contribution in [3.63, 3.8) is 0 Å². The van der Waals surface area contributed by atoms with E-state index >= 15 is 0 Å². The number of hydrogen-bond acceptors (Lipinski definition) is 2. The van der Waals surface area contributed by atoms with Crippen LogP contribution in [0.25, 0.3) is 4.85 Å². The summed E-state index contributed by atoms with van der Waals surface area (Å²) in [4.78, 5) is 5.55. The van der Waals surface area contributed by atoms with Gasteiger partial charge in [0.05, 0.1) is 0 Å². The van der Waals surface area contributed by atoms with Gasteiger partial charge in [-0.1, -0.05) is 6.57 Å². The molecular weight excluding hydrogens is 131 g/mol. The standard InChI is InChI=1S/C5H5BN2O2/c1-7-5-3-2-4(8-5)6(9)10/h2-3,8-10H. The number of aromatic amines is 1. The highest BCUT2D eigenvalue weighted by Crippen LogP contribution is 2.03. The molecule has 1 aromatic heterocycles. The second-order valence-electron chi connectivity index (χ2n) is 1.78. The van der Waals surface area contributed by atoms with Crippen LogP contribution in [0, 0.1) is 6.57 Å². The molecule has 0 fully saturated rings. The minimum atomic E-state index is -1.52. The maximum absolute atomic E-state index is 8.55. The number of hydrogen-bond donors (Lipinski definition) is 3. The monoisotopic (exact) mass is 136 g/mol. The molecule has 0 spiro atoms. The first-order chi connectivity index (χ1) is 4.74. The number of nitrogens with zero attached hydrogens (tertiary/aromatic N) is 1. The van der Waals surface area contributed by atoms with Crippen molar-refractivity contribution in [3.8, 4) is 0 Å². The first-order valence-electron chi connectivity index (χ1n) is 2.66. The molecule has 0 radical (unpaired) electrons. The zero-order valence-electron chi connectivity index (χ0n) is 5.07. The van der Waals surface area contributed by atoms with E-state index < -0.39 is 7.12 Å². The van der Waals surface area contributed by atoms with Crippen molar-refractivity contribution in [2.75, 3.05) is 0 Å². The van der Waals surface area contributed by atoms with Crippen molar-refractivity contribution in [2.45, 2.75) is 0 Å². The van der Waals surface area contributed by atoms with Gasteiger partial charge in [-0.25, -0.2) is 0 Å². The zero-order chi connectivity index (χ0) is 7.56. The Hall–Kier alpha value is -1.25. The van der Waals surface area contributed by atoms with Crippen molar-refractivity contribution in [1.82, 2.24) is 4.98 Å². The fourth-order valence-electron chi connectivity index (χ4n) is 0.616. The Morgan fingerprint density at radius 1 is 1.50 bits per heavy atom. The van der Waals surface area contributed by atoms with Crippen LogP contribution in [0.5, 0.6) is 0 Å². The maximum Gasteiger partial charge on any atom is 0.529 e. The normalized spacial score (nSPS) is 8.90. The van der Waals surface area contributed by atoms with Crippen LogP contribution in [-0.4, -0.2) is 22.2 Å². The molecule has 0 unspecified atom stereocenters. The van der Waals surface area contributed by atoms with Gasteiger partial charge in [0.1, 0.15) is 5.59 Å². The van der Waals surface area contributed by atoms with Crippen molar-refractivity contribution in [2.24, 2.45) is 0 Å². The van der Waals surface area contributed by atoms with Crippen LogP contribution in [0.4, 0.5) is 5.82 Å². The molecule has 10 heavy (non-hydrogen) atoms. The Morgan fingerprint density at radius 2 is 2.20 bits per heavy atom. The van der Waals surface area contributed by atoms with Gasteiger partial charge >= 0.3 is 7.12 Å². The van der Waals surface area contributed by atoms with Gasteiger partial charge in [-0.3, -0.25) is 0 Å². The van der Waals surface area contributed by atoms with E-state index in [1.165, 1.54) is 12.1 Å². The SMILES string of the molecule is [C-]#[N+]c1ccc(B(O)O)[nH]1. The third kappa shape index (κ3) is 1.18. The summed E-state index contributed by atoms with van der Waals surface area (Å²) in [5.41, 5.74) is 0.242. The molecule has 0 amide bonds. The van der Waals surface area contributed by atoms with Crippen molar-refractivity contribution < 1.29 is 10.0 Å². The molecular formula is C5H5BN2O2. The van der Waals surface area contributed by atoms with Crippen molar-refractivity contribution >= 4 is 18.5 Å². The van der Waals surface area contributed by atoms with E-state index in [-0.39, 0.29) is 5.59 Å². The summed E-state index contributed by atoms with van der Waals surface area (Å²) in [5, 5.41) is 17.1. The van der Waals surface area contributed by atoms with E-state index in [2.05, 4.69) is 9.83 Å². The zero-order valence-corrected chi connectivity index (χ0v) is 5.07. The van der Waals surface area contributed by atoms with Crippen LogP contribution in [0.3, 0.4) is 0 Å². The molecule has 5 heteroatoms. The minimum Gasteiger partial charge on any atom is -0.421 e. The third-order valence-electron chi connectivity index (χ3n) is 1.09. The molecule has 0 bridgehead atoms. The highest BCUT2D eigenvalue weighted by Gasteiger charge is 2.14. The summed E-state index contributed by atoms with van der Waals surface area (Å²) in [6.45, 7) is 6.53. The molecule has 0 aliphatic rings. The predicted molar refractivity (Wildman–Crippen MR) is 36.9 cm³/mol. The van der Waals surface area contributed by atoms with E-state index in [1.54, 1.807) is 0 Å². The van der Waals surface area contributed by atoms with Gasteiger partial charge in [0, 0.05) is 0 Å². The summed E-state index contributed by atoms with van der Waals surface area (Å²) >= 11 is 0. The van der Waals surface area contributed by atoms with E-state index in [1.807, 2.05) is 0 Å². The molecule has 0 aliphatic carbocycles. The van der Waals surface area contributed by atoms with Crippen LogP contribution in [-0.2, 0) is 0 Å². The van der Waals surface area contributed by atoms with Gasteiger partial charge < -0.3 is 19.9 Å². The average Bonchev–Trinajstić information content (AvgIpc) is 2.34. The Labute approximate surface area is 58.1 Å². The van der Waals surface area contributed by atoms with E-state index in [9.17, 15) is 0 Å². The van der Waals surface area contributed by atoms with Gasteiger partial charge in [-0.2, -0.15) is 0 Å². The Balaban J connectivity index is 2.91. The highest BCUT2D eigenvalue weighted by atomic mass is 16.4. The maximum atomic E-state index is 8.55. The first kappa shape index (κ1) is 6.87. The summed E-state index contributed by atoms with van der Waals surface area (Å²) in [7, 11) is -1.52. The van der Waals surface area contributed by atoms with Gasteiger partial charge in [-0.15, -0.1) is 0 Å². The Bertz CT molecular complexity index is 263. The highest BCUT2D eigenvalue weighted by molar-refractivity contribution is 6.57. The predicted octanol–water partition coefficient (Wildman–Crippen LogP) is -0.755. The van der Waals surface area contributed by atoms with E-state index in [0.29, 0.717) is 5.82 Å². The van der Waals surface area contributed by atoms with E-state index in [4.69, 9.17) is 16.6 Å². The minimum absolute atomic E-state index is 0.242.